The smallest absolute Gasteiger partial charge is 0.225 e. The molecule has 2 N–H and O–H groups in total. The fraction of sp³-hybridized carbons (Fsp3) is 0.476. The molecule has 0 bridgehead atoms. The van der Waals surface area contributed by atoms with Crippen LogP contribution in [0.3, 0.4) is 0 Å². The van der Waals surface area contributed by atoms with Gasteiger partial charge in [-0.3, -0.25) is 4.79 Å². The summed E-state index contributed by atoms with van der Waals surface area (Å²) < 4.78 is 45.6. The number of aryl methyl sites for hydroxylation is 1. The van der Waals surface area contributed by atoms with Crippen molar-refractivity contribution in [1.29, 1.82) is 0 Å². The van der Waals surface area contributed by atoms with Gasteiger partial charge >= 0.3 is 0 Å². The lowest BCUT2D eigenvalue weighted by molar-refractivity contribution is -0.105. The summed E-state index contributed by atoms with van der Waals surface area (Å²) in [6, 6.07) is 1.83. The van der Waals surface area contributed by atoms with Crippen molar-refractivity contribution in [3.8, 4) is 5.75 Å². The Morgan fingerprint density at radius 2 is 1.87 bits per heavy atom. The van der Waals surface area contributed by atoms with Gasteiger partial charge in [0.15, 0.2) is 23.3 Å². The first kappa shape index (κ1) is 22.6. The monoisotopic (exact) mass is 437 g/mol. The molecule has 3 rings (SSSR count). The lowest BCUT2D eigenvalue weighted by Crippen LogP contribution is -2.29. The first-order chi connectivity index (χ1) is 14.7. The highest BCUT2D eigenvalue weighted by Gasteiger charge is 2.28. The zero-order valence-electron chi connectivity index (χ0n) is 17.9. The molecule has 0 radical (unpaired) electrons. The summed E-state index contributed by atoms with van der Waals surface area (Å²) >= 11 is 0. The van der Waals surface area contributed by atoms with Crippen LogP contribution in [0.15, 0.2) is 12.1 Å². The van der Waals surface area contributed by atoms with Crippen molar-refractivity contribution in [3.05, 3.63) is 35.3 Å². The number of nitrogens with one attached hydrogen (secondary N) is 2. The molecule has 0 spiro atoms. The maximum absolute atomic E-state index is 13.4. The normalized spacial score (nSPS) is 18.2. The van der Waals surface area contributed by atoms with E-state index in [0.717, 1.165) is 18.6 Å². The Balaban J connectivity index is 1.71. The number of anilines is 3. The SMILES string of the molecule is Cc1nc(NC2CCC(Oc3cc(F)c(F)c(F)c3)C2)nc(N(C)C(C)C)c1NC=O. The van der Waals surface area contributed by atoms with E-state index in [1.165, 1.54) is 0 Å². The third-order valence-electron chi connectivity index (χ3n) is 5.36. The molecule has 1 aromatic heterocycles. The van der Waals surface area contributed by atoms with Crippen LogP contribution in [0, 0.1) is 24.4 Å². The summed E-state index contributed by atoms with van der Waals surface area (Å²) in [7, 11) is 1.88. The molecule has 1 aliphatic carbocycles. The number of ether oxygens (including phenoxy) is 1. The van der Waals surface area contributed by atoms with Crippen LogP contribution < -0.4 is 20.3 Å². The number of carbonyl (C=O) groups is 1. The minimum atomic E-state index is -1.51. The largest absolute Gasteiger partial charge is 0.490 e. The number of halogens is 3. The third kappa shape index (κ3) is 5.18. The predicted octanol–water partition coefficient (Wildman–Crippen LogP) is 4.03. The van der Waals surface area contributed by atoms with Crippen LogP contribution in [-0.4, -0.2) is 41.6 Å². The van der Waals surface area contributed by atoms with Crippen LogP contribution in [0.25, 0.3) is 0 Å². The van der Waals surface area contributed by atoms with Crippen LogP contribution >= 0.6 is 0 Å². The Labute approximate surface area is 179 Å². The molecule has 0 saturated heterocycles. The highest BCUT2D eigenvalue weighted by atomic mass is 19.2. The molecule has 1 fully saturated rings. The van der Waals surface area contributed by atoms with Gasteiger partial charge in [0.25, 0.3) is 0 Å². The van der Waals surface area contributed by atoms with Gasteiger partial charge in [-0.25, -0.2) is 18.2 Å². The number of rotatable bonds is 8. The van der Waals surface area contributed by atoms with E-state index in [4.69, 9.17) is 4.74 Å². The Morgan fingerprint density at radius 1 is 1.19 bits per heavy atom. The highest BCUT2D eigenvalue weighted by molar-refractivity contribution is 5.81. The maximum atomic E-state index is 13.4. The Kier molecular flexibility index (Phi) is 6.87. The van der Waals surface area contributed by atoms with Crippen molar-refractivity contribution in [2.45, 2.75) is 58.2 Å². The van der Waals surface area contributed by atoms with E-state index in [0.29, 0.717) is 42.4 Å². The number of aromatic nitrogens is 2. The summed E-state index contributed by atoms with van der Waals surface area (Å²) in [6.07, 6.45) is 2.27. The van der Waals surface area contributed by atoms with Gasteiger partial charge in [-0.05, 0) is 33.6 Å². The van der Waals surface area contributed by atoms with Gasteiger partial charge in [0.1, 0.15) is 17.5 Å². The van der Waals surface area contributed by atoms with Crippen LogP contribution in [-0.2, 0) is 4.79 Å². The van der Waals surface area contributed by atoms with E-state index in [-0.39, 0.29) is 23.9 Å². The van der Waals surface area contributed by atoms with Crippen molar-refractivity contribution in [3.63, 3.8) is 0 Å². The van der Waals surface area contributed by atoms with E-state index in [9.17, 15) is 18.0 Å². The molecule has 1 amide bonds. The van der Waals surface area contributed by atoms with E-state index in [1.807, 2.05) is 25.8 Å². The molecule has 2 atom stereocenters. The van der Waals surface area contributed by atoms with Crippen molar-refractivity contribution < 1.29 is 22.7 Å². The number of hydrogen-bond acceptors (Lipinski definition) is 6. The molecule has 1 aromatic carbocycles. The van der Waals surface area contributed by atoms with Crippen LogP contribution in [0.4, 0.5) is 30.6 Å². The summed E-state index contributed by atoms with van der Waals surface area (Å²) in [5.74, 6) is -3.10. The third-order valence-corrected chi connectivity index (χ3v) is 5.36. The fourth-order valence-electron chi connectivity index (χ4n) is 3.50. The van der Waals surface area contributed by atoms with E-state index in [1.54, 1.807) is 6.92 Å². The first-order valence-corrected chi connectivity index (χ1v) is 10.1. The van der Waals surface area contributed by atoms with Gasteiger partial charge < -0.3 is 20.3 Å². The molecule has 10 heteroatoms. The zero-order valence-corrected chi connectivity index (χ0v) is 17.9. The second-order valence-electron chi connectivity index (χ2n) is 7.89. The highest BCUT2D eigenvalue weighted by Crippen LogP contribution is 2.31. The number of amides is 1. The Bertz CT molecular complexity index is 934. The summed E-state index contributed by atoms with van der Waals surface area (Å²) in [5, 5.41) is 5.95. The van der Waals surface area contributed by atoms with Gasteiger partial charge in [-0.15, -0.1) is 0 Å². The second-order valence-corrected chi connectivity index (χ2v) is 7.89. The lowest BCUT2D eigenvalue weighted by Gasteiger charge is -2.26. The van der Waals surface area contributed by atoms with Crippen LogP contribution in [0.1, 0.15) is 38.8 Å². The molecule has 168 valence electrons. The van der Waals surface area contributed by atoms with Gasteiger partial charge in [0.05, 0.1) is 5.69 Å². The number of benzene rings is 1. The standard InChI is InChI=1S/C21H26F3N5O2/c1-11(2)29(4)20-19(25-10-30)12(3)26-21(28-20)27-13-5-6-14(7-13)31-15-8-16(22)18(24)17(23)9-15/h8-11,13-14H,5-7H2,1-4H3,(H,25,30)(H,26,27,28). The van der Waals surface area contributed by atoms with Gasteiger partial charge in [-0.1, -0.05) is 0 Å². The molecular weight excluding hydrogens is 411 g/mol. The Hall–Kier alpha value is -3.04. The van der Waals surface area contributed by atoms with Crippen molar-refractivity contribution >= 4 is 23.9 Å². The molecular formula is C21H26F3N5O2. The van der Waals surface area contributed by atoms with Gasteiger partial charge in [0.2, 0.25) is 12.4 Å². The van der Waals surface area contributed by atoms with Crippen molar-refractivity contribution in [2.75, 3.05) is 22.6 Å². The van der Waals surface area contributed by atoms with E-state index < -0.39 is 17.5 Å². The molecule has 7 nitrogen and oxygen atoms in total. The van der Waals surface area contributed by atoms with Gasteiger partial charge in [-0.2, -0.15) is 4.98 Å². The molecule has 2 aromatic rings. The summed E-state index contributed by atoms with van der Waals surface area (Å²) in [5.41, 5.74) is 1.17. The minimum Gasteiger partial charge on any atom is -0.490 e. The Morgan fingerprint density at radius 3 is 2.48 bits per heavy atom. The first-order valence-electron chi connectivity index (χ1n) is 10.1. The second kappa shape index (κ2) is 9.40. The minimum absolute atomic E-state index is 0.0124. The summed E-state index contributed by atoms with van der Waals surface area (Å²) in [6.45, 7) is 5.80. The molecule has 1 heterocycles. The fourth-order valence-corrected chi connectivity index (χ4v) is 3.50. The lowest BCUT2D eigenvalue weighted by atomic mass is 10.2. The van der Waals surface area contributed by atoms with E-state index >= 15 is 0 Å². The molecule has 2 unspecified atom stereocenters. The summed E-state index contributed by atoms with van der Waals surface area (Å²) in [4.78, 5) is 22.0. The molecule has 1 aliphatic rings. The van der Waals surface area contributed by atoms with E-state index in [2.05, 4.69) is 20.6 Å². The zero-order chi connectivity index (χ0) is 22.7. The predicted molar refractivity (Wildman–Crippen MR) is 112 cm³/mol. The van der Waals surface area contributed by atoms with Crippen molar-refractivity contribution in [1.82, 2.24) is 9.97 Å². The number of carbonyl (C=O) groups excluding carboxylic acids is 1. The van der Waals surface area contributed by atoms with Crippen LogP contribution in [0.2, 0.25) is 0 Å². The van der Waals surface area contributed by atoms with Gasteiger partial charge in [0, 0.05) is 37.7 Å². The van der Waals surface area contributed by atoms with Crippen LogP contribution in [0.5, 0.6) is 5.75 Å². The molecule has 31 heavy (non-hydrogen) atoms. The van der Waals surface area contributed by atoms with Crippen molar-refractivity contribution in [2.24, 2.45) is 0 Å². The number of hydrogen-bond donors (Lipinski definition) is 2. The topological polar surface area (TPSA) is 79.4 Å². The number of nitrogens with zero attached hydrogens (tertiary/aromatic N) is 3. The molecule has 1 saturated carbocycles. The quantitative estimate of drug-likeness (QED) is 0.480. The molecule has 0 aliphatic heterocycles. The average Bonchev–Trinajstić information content (AvgIpc) is 3.13. The average molecular weight is 437 g/mol. The maximum Gasteiger partial charge on any atom is 0.225 e.